The van der Waals surface area contributed by atoms with Gasteiger partial charge in [-0.1, -0.05) is 19.3 Å². The van der Waals surface area contributed by atoms with Crippen LogP contribution in [0.4, 0.5) is 0 Å². The standard InChI is InChI=1S/C16H27N5.HI/c1-21-15(13-9-5-6-10-14(13)20-21)11-18-16(17)19-12-7-3-2-4-8-12;/h12H,2-11H2,1H3,(H3,17,18,19);1H. The topological polar surface area (TPSA) is 68.2 Å². The summed E-state index contributed by atoms with van der Waals surface area (Å²) in [6, 6.07) is 0.517. The van der Waals surface area contributed by atoms with E-state index in [1.54, 1.807) is 0 Å². The molecule has 22 heavy (non-hydrogen) atoms. The summed E-state index contributed by atoms with van der Waals surface area (Å²) in [5.41, 5.74) is 9.98. The van der Waals surface area contributed by atoms with Gasteiger partial charge in [-0.25, -0.2) is 4.99 Å². The lowest BCUT2D eigenvalue weighted by Gasteiger charge is -2.23. The molecule has 1 heterocycles. The summed E-state index contributed by atoms with van der Waals surface area (Å²) in [6.45, 7) is 0.643. The number of halogens is 1. The lowest BCUT2D eigenvalue weighted by molar-refractivity contribution is 0.412. The Labute approximate surface area is 150 Å². The maximum absolute atomic E-state index is 6.06. The first-order valence-electron chi connectivity index (χ1n) is 8.34. The van der Waals surface area contributed by atoms with Crippen molar-refractivity contribution in [2.24, 2.45) is 17.8 Å². The minimum absolute atomic E-state index is 0. The molecule has 1 aromatic heterocycles. The number of nitrogens with zero attached hydrogens (tertiary/aromatic N) is 3. The fourth-order valence-corrected chi connectivity index (χ4v) is 3.61. The Hall–Kier alpha value is -0.790. The van der Waals surface area contributed by atoms with Gasteiger partial charge in [-0.15, -0.1) is 24.0 Å². The fourth-order valence-electron chi connectivity index (χ4n) is 3.61. The van der Waals surface area contributed by atoms with E-state index in [9.17, 15) is 0 Å². The van der Waals surface area contributed by atoms with Crippen LogP contribution in [-0.4, -0.2) is 21.8 Å². The third-order valence-corrected chi connectivity index (χ3v) is 4.80. The van der Waals surface area contributed by atoms with E-state index in [4.69, 9.17) is 5.73 Å². The number of hydrogen-bond donors (Lipinski definition) is 2. The molecule has 0 saturated heterocycles. The van der Waals surface area contributed by atoms with Crippen molar-refractivity contribution >= 4 is 29.9 Å². The van der Waals surface area contributed by atoms with Gasteiger partial charge in [0.1, 0.15) is 0 Å². The summed E-state index contributed by atoms with van der Waals surface area (Å²) >= 11 is 0. The minimum Gasteiger partial charge on any atom is -0.370 e. The predicted molar refractivity (Wildman–Crippen MR) is 101 cm³/mol. The molecule has 2 aliphatic carbocycles. The quantitative estimate of drug-likeness (QED) is 0.452. The van der Waals surface area contributed by atoms with Gasteiger partial charge < -0.3 is 11.1 Å². The molecule has 2 aliphatic rings. The minimum atomic E-state index is 0. The molecule has 5 nitrogen and oxygen atoms in total. The smallest absolute Gasteiger partial charge is 0.189 e. The third kappa shape index (κ3) is 4.14. The van der Waals surface area contributed by atoms with Crippen molar-refractivity contribution in [2.45, 2.75) is 70.4 Å². The van der Waals surface area contributed by atoms with Crippen molar-refractivity contribution in [2.75, 3.05) is 0 Å². The molecular formula is C16H28IN5. The fraction of sp³-hybridized carbons (Fsp3) is 0.750. The van der Waals surface area contributed by atoms with Crippen molar-refractivity contribution in [1.82, 2.24) is 15.1 Å². The molecule has 0 atom stereocenters. The van der Waals surface area contributed by atoms with Crippen LogP contribution in [0.3, 0.4) is 0 Å². The van der Waals surface area contributed by atoms with Gasteiger partial charge in [-0.2, -0.15) is 5.10 Å². The lowest BCUT2D eigenvalue weighted by atomic mass is 9.95. The highest BCUT2D eigenvalue weighted by Crippen LogP contribution is 2.24. The zero-order chi connectivity index (χ0) is 14.7. The van der Waals surface area contributed by atoms with Crippen molar-refractivity contribution in [3.8, 4) is 0 Å². The molecule has 1 saturated carbocycles. The Balaban J connectivity index is 0.00000176. The van der Waals surface area contributed by atoms with Gasteiger partial charge >= 0.3 is 0 Å². The van der Waals surface area contributed by atoms with E-state index in [0.29, 0.717) is 18.5 Å². The van der Waals surface area contributed by atoms with Crippen molar-refractivity contribution in [3.63, 3.8) is 0 Å². The summed E-state index contributed by atoms with van der Waals surface area (Å²) in [4.78, 5) is 4.55. The largest absolute Gasteiger partial charge is 0.370 e. The Morgan fingerprint density at radius 1 is 1.23 bits per heavy atom. The molecule has 0 aromatic carbocycles. The van der Waals surface area contributed by atoms with Gasteiger partial charge in [-0.05, 0) is 44.1 Å². The molecule has 1 fully saturated rings. The van der Waals surface area contributed by atoms with Crippen LogP contribution in [0.2, 0.25) is 0 Å². The maximum atomic E-state index is 6.06. The number of aliphatic imine (C=N–C) groups is 1. The Bertz CT molecular complexity index is 517. The first-order valence-corrected chi connectivity index (χ1v) is 8.34. The molecule has 124 valence electrons. The molecule has 3 N–H and O–H groups in total. The number of aromatic nitrogens is 2. The van der Waals surface area contributed by atoms with E-state index in [0.717, 1.165) is 12.8 Å². The number of nitrogens with one attached hydrogen (secondary N) is 1. The second-order valence-corrected chi connectivity index (χ2v) is 6.38. The van der Waals surface area contributed by atoms with Gasteiger partial charge in [0, 0.05) is 13.1 Å². The molecule has 0 bridgehead atoms. The average Bonchev–Trinajstić information content (AvgIpc) is 2.81. The Kier molecular flexibility index (Phi) is 6.52. The zero-order valence-corrected chi connectivity index (χ0v) is 15.8. The number of fused-ring (bicyclic) bond motifs is 1. The average molecular weight is 417 g/mol. The molecule has 0 radical (unpaired) electrons. The lowest BCUT2D eigenvalue weighted by Crippen LogP contribution is -2.41. The normalized spacial score (nSPS) is 19.4. The van der Waals surface area contributed by atoms with Gasteiger partial charge in [0.15, 0.2) is 5.96 Å². The van der Waals surface area contributed by atoms with Crippen molar-refractivity contribution < 1.29 is 0 Å². The first-order chi connectivity index (χ1) is 10.2. The summed E-state index contributed by atoms with van der Waals surface area (Å²) in [7, 11) is 2.02. The van der Waals surface area contributed by atoms with E-state index in [2.05, 4.69) is 15.4 Å². The summed E-state index contributed by atoms with van der Waals surface area (Å²) in [5, 5.41) is 8.01. The van der Waals surface area contributed by atoms with E-state index in [1.807, 2.05) is 11.7 Å². The van der Waals surface area contributed by atoms with Gasteiger partial charge in [0.2, 0.25) is 0 Å². The van der Waals surface area contributed by atoms with Crippen LogP contribution in [-0.2, 0) is 26.4 Å². The second kappa shape index (κ2) is 8.17. The van der Waals surface area contributed by atoms with Gasteiger partial charge in [0.05, 0.1) is 17.9 Å². The van der Waals surface area contributed by atoms with Gasteiger partial charge in [-0.3, -0.25) is 4.68 Å². The highest BCUT2D eigenvalue weighted by Gasteiger charge is 2.19. The third-order valence-electron chi connectivity index (χ3n) is 4.80. The van der Waals surface area contributed by atoms with Crippen LogP contribution < -0.4 is 11.1 Å². The number of aryl methyl sites for hydroxylation is 2. The number of guanidine groups is 1. The highest BCUT2D eigenvalue weighted by atomic mass is 127. The maximum Gasteiger partial charge on any atom is 0.189 e. The molecule has 0 unspecified atom stereocenters. The molecule has 6 heteroatoms. The summed E-state index contributed by atoms with van der Waals surface area (Å²) in [6.07, 6.45) is 11.2. The molecule has 0 spiro atoms. The van der Waals surface area contributed by atoms with Crippen molar-refractivity contribution in [1.29, 1.82) is 0 Å². The monoisotopic (exact) mass is 417 g/mol. The molecule has 0 amide bonds. The summed E-state index contributed by atoms with van der Waals surface area (Å²) < 4.78 is 1.99. The van der Waals surface area contributed by atoms with E-state index in [-0.39, 0.29) is 24.0 Å². The van der Waals surface area contributed by atoms with E-state index >= 15 is 0 Å². The predicted octanol–water partition coefficient (Wildman–Crippen LogP) is 2.65. The highest BCUT2D eigenvalue weighted by molar-refractivity contribution is 14.0. The number of hydrogen-bond acceptors (Lipinski definition) is 2. The molecule has 3 rings (SSSR count). The molecule has 1 aromatic rings. The van der Waals surface area contributed by atoms with E-state index < -0.39 is 0 Å². The van der Waals surface area contributed by atoms with Crippen LogP contribution in [0.25, 0.3) is 0 Å². The summed E-state index contributed by atoms with van der Waals surface area (Å²) in [5.74, 6) is 0.590. The van der Waals surface area contributed by atoms with Crippen LogP contribution in [0.1, 0.15) is 61.9 Å². The van der Waals surface area contributed by atoms with Crippen LogP contribution >= 0.6 is 24.0 Å². The SMILES string of the molecule is Cn1nc2c(c1CN=C(N)NC1CCCCC1)CCCC2.I. The second-order valence-electron chi connectivity index (χ2n) is 6.38. The van der Waals surface area contributed by atoms with Crippen LogP contribution in [0, 0.1) is 0 Å². The Morgan fingerprint density at radius 3 is 2.73 bits per heavy atom. The first kappa shape index (κ1) is 17.6. The van der Waals surface area contributed by atoms with Crippen LogP contribution in [0.15, 0.2) is 4.99 Å². The van der Waals surface area contributed by atoms with Gasteiger partial charge in [0.25, 0.3) is 0 Å². The van der Waals surface area contributed by atoms with E-state index in [1.165, 1.54) is 61.9 Å². The molecular weight excluding hydrogens is 389 g/mol. The van der Waals surface area contributed by atoms with Crippen LogP contribution in [0.5, 0.6) is 0 Å². The number of nitrogens with two attached hydrogens (primary N) is 1. The zero-order valence-electron chi connectivity index (χ0n) is 13.5. The molecule has 0 aliphatic heterocycles. The Morgan fingerprint density at radius 2 is 1.95 bits per heavy atom. The van der Waals surface area contributed by atoms with Crippen molar-refractivity contribution in [3.05, 3.63) is 17.0 Å². The number of rotatable bonds is 3.